The molecule has 2 aliphatic rings. The third-order valence-electron chi connectivity index (χ3n) is 5.73. The van der Waals surface area contributed by atoms with Crippen molar-refractivity contribution in [3.63, 3.8) is 0 Å². The Labute approximate surface area is 162 Å². The average molecular weight is 391 g/mol. The molecule has 2 fully saturated rings. The number of rotatable bonds is 4. The van der Waals surface area contributed by atoms with Crippen LogP contribution in [0.15, 0.2) is 24.3 Å². The molecule has 2 atom stereocenters. The number of nitrogens with zero attached hydrogens (tertiary/aromatic N) is 2. The van der Waals surface area contributed by atoms with Crippen molar-refractivity contribution in [2.75, 3.05) is 5.32 Å². The van der Waals surface area contributed by atoms with Gasteiger partial charge >= 0.3 is 0 Å². The fourth-order valence-corrected chi connectivity index (χ4v) is 5.40. The summed E-state index contributed by atoms with van der Waals surface area (Å²) >= 11 is 7.45. The molecule has 1 heterocycles. The first-order valence-corrected chi connectivity index (χ1v) is 10.4. The van der Waals surface area contributed by atoms with E-state index in [4.69, 9.17) is 17.3 Å². The number of amides is 1. The Hall–Kier alpha value is -1.50. The molecule has 2 bridgehead atoms. The second-order valence-electron chi connectivity index (χ2n) is 7.49. The van der Waals surface area contributed by atoms with Gasteiger partial charge < -0.3 is 11.1 Å². The summed E-state index contributed by atoms with van der Waals surface area (Å²) in [6.07, 6.45) is 6.03. The molecule has 2 aromatic rings. The number of carbonyl (C=O) groups is 1. The number of benzene rings is 1. The molecule has 1 aromatic heterocycles. The van der Waals surface area contributed by atoms with Crippen LogP contribution in [0.3, 0.4) is 0 Å². The lowest BCUT2D eigenvalue weighted by Crippen LogP contribution is -2.48. The molecule has 0 aliphatic heterocycles. The van der Waals surface area contributed by atoms with E-state index in [2.05, 4.69) is 15.5 Å². The summed E-state index contributed by atoms with van der Waals surface area (Å²) in [4.78, 5) is 12.7. The monoisotopic (exact) mass is 390 g/mol. The Bertz CT molecular complexity index is 781. The minimum absolute atomic E-state index is 0.0466. The van der Waals surface area contributed by atoms with Crippen molar-refractivity contribution in [2.45, 2.75) is 44.6 Å². The van der Waals surface area contributed by atoms with Gasteiger partial charge in [0.15, 0.2) is 0 Å². The summed E-state index contributed by atoms with van der Waals surface area (Å²) in [6, 6.07) is 7.98. The van der Waals surface area contributed by atoms with Crippen LogP contribution in [-0.2, 0) is 11.2 Å². The van der Waals surface area contributed by atoms with Gasteiger partial charge in [0.2, 0.25) is 11.0 Å². The summed E-state index contributed by atoms with van der Waals surface area (Å²) in [7, 11) is 0. The van der Waals surface area contributed by atoms with Crippen molar-refractivity contribution in [1.82, 2.24) is 10.2 Å². The smallest absolute Gasteiger partial charge is 0.229 e. The van der Waals surface area contributed by atoms with Gasteiger partial charge in [-0.05, 0) is 55.2 Å². The van der Waals surface area contributed by atoms with E-state index in [1.807, 2.05) is 24.3 Å². The van der Waals surface area contributed by atoms with Gasteiger partial charge in [0.1, 0.15) is 5.01 Å². The zero-order valence-corrected chi connectivity index (χ0v) is 16.1. The molecule has 5 nitrogen and oxygen atoms in total. The molecule has 0 radical (unpaired) electrons. The zero-order valence-electron chi connectivity index (χ0n) is 14.5. The molecule has 3 N–H and O–H groups in total. The van der Waals surface area contributed by atoms with E-state index in [0.29, 0.717) is 28.4 Å². The molecule has 2 aliphatic carbocycles. The summed E-state index contributed by atoms with van der Waals surface area (Å²) in [6.45, 7) is 0. The first kappa shape index (κ1) is 17.9. The van der Waals surface area contributed by atoms with Gasteiger partial charge in [-0.25, -0.2) is 0 Å². The number of hydrogen-bond acceptors (Lipinski definition) is 5. The molecule has 1 amide bonds. The highest BCUT2D eigenvalue weighted by atomic mass is 35.5. The minimum Gasteiger partial charge on any atom is -0.327 e. The number of nitrogens with two attached hydrogens (primary N) is 1. The lowest BCUT2D eigenvalue weighted by Gasteiger charge is -2.43. The maximum absolute atomic E-state index is 12.7. The minimum atomic E-state index is 0.0466. The quantitative estimate of drug-likeness (QED) is 0.830. The third-order valence-corrected chi connectivity index (χ3v) is 6.80. The third kappa shape index (κ3) is 3.92. The number of halogens is 1. The average Bonchev–Trinajstić information content (AvgIpc) is 3.01. The molecule has 2 saturated carbocycles. The predicted octanol–water partition coefficient (Wildman–Crippen LogP) is 3.87. The summed E-state index contributed by atoms with van der Waals surface area (Å²) in [5.74, 6) is 1.10. The van der Waals surface area contributed by atoms with E-state index in [9.17, 15) is 4.79 Å². The normalized spacial score (nSPS) is 27.9. The molecule has 0 spiro atoms. The number of fused-ring (bicyclic) bond motifs is 2. The van der Waals surface area contributed by atoms with E-state index >= 15 is 0 Å². The van der Waals surface area contributed by atoms with Crippen molar-refractivity contribution in [2.24, 2.45) is 23.5 Å². The summed E-state index contributed by atoms with van der Waals surface area (Å²) in [5.41, 5.74) is 7.41. The van der Waals surface area contributed by atoms with Crippen LogP contribution in [0.25, 0.3) is 0 Å². The standard InChI is InChI=1S/C19H23ClN4OS/c20-15-6-1-3-11(7-15)8-16-23-24-19(26-16)22-18(25)14-9-12-4-2-5-13(10-14)17(12)21/h1,3,6-7,12-14,17H,2,4-5,8-10,21H2,(H,22,24,25). The highest BCUT2D eigenvalue weighted by molar-refractivity contribution is 7.15. The Morgan fingerprint density at radius 3 is 2.77 bits per heavy atom. The van der Waals surface area contributed by atoms with E-state index < -0.39 is 0 Å². The van der Waals surface area contributed by atoms with Crippen molar-refractivity contribution >= 4 is 34.0 Å². The van der Waals surface area contributed by atoms with Crippen molar-refractivity contribution < 1.29 is 4.79 Å². The van der Waals surface area contributed by atoms with Gasteiger partial charge in [0.05, 0.1) is 0 Å². The highest BCUT2D eigenvalue weighted by Gasteiger charge is 2.40. The lowest BCUT2D eigenvalue weighted by atomic mass is 9.65. The topological polar surface area (TPSA) is 80.9 Å². The fourth-order valence-electron chi connectivity index (χ4n) is 4.41. The van der Waals surface area contributed by atoms with Gasteiger partial charge in [0, 0.05) is 23.4 Å². The Balaban J connectivity index is 1.37. The Kier molecular flexibility index (Phi) is 5.25. The van der Waals surface area contributed by atoms with Crippen molar-refractivity contribution in [1.29, 1.82) is 0 Å². The number of aromatic nitrogens is 2. The van der Waals surface area contributed by atoms with E-state index in [0.717, 1.165) is 36.3 Å². The van der Waals surface area contributed by atoms with Crippen LogP contribution < -0.4 is 11.1 Å². The van der Waals surface area contributed by atoms with Crippen molar-refractivity contribution in [3.05, 3.63) is 39.9 Å². The maximum Gasteiger partial charge on any atom is 0.229 e. The van der Waals surface area contributed by atoms with E-state index in [1.165, 1.54) is 17.8 Å². The van der Waals surface area contributed by atoms with Gasteiger partial charge in [-0.15, -0.1) is 10.2 Å². The van der Waals surface area contributed by atoms with E-state index in [-0.39, 0.29) is 17.9 Å². The fraction of sp³-hybridized carbons (Fsp3) is 0.526. The summed E-state index contributed by atoms with van der Waals surface area (Å²) < 4.78 is 0. The first-order chi connectivity index (χ1) is 12.6. The first-order valence-electron chi connectivity index (χ1n) is 9.22. The van der Waals surface area contributed by atoms with Crippen LogP contribution in [-0.4, -0.2) is 22.1 Å². The molecule has 138 valence electrons. The van der Waals surface area contributed by atoms with Crippen LogP contribution in [0, 0.1) is 17.8 Å². The molecule has 7 heteroatoms. The second kappa shape index (κ2) is 7.62. The van der Waals surface area contributed by atoms with Crippen LogP contribution in [0.1, 0.15) is 42.7 Å². The zero-order chi connectivity index (χ0) is 18.1. The molecular formula is C19H23ClN4OS. The van der Waals surface area contributed by atoms with Crippen LogP contribution in [0.4, 0.5) is 5.13 Å². The number of hydrogen-bond donors (Lipinski definition) is 2. The molecule has 26 heavy (non-hydrogen) atoms. The van der Waals surface area contributed by atoms with Gasteiger partial charge in [-0.3, -0.25) is 4.79 Å². The van der Waals surface area contributed by atoms with Gasteiger partial charge in [-0.1, -0.05) is 41.5 Å². The van der Waals surface area contributed by atoms with Gasteiger partial charge in [0.25, 0.3) is 0 Å². The maximum atomic E-state index is 12.7. The number of nitrogens with one attached hydrogen (secondary N) is 1. The SMILES string of the molecule is NC1C2CCCC1CC(C(=O)Nc1nnc(Cc3cccc(Cl)c3)s1)C2. The second-order valence-corrected chi connectivity index (χ2v) is 8.99. The largest absolute Gasteiger partial charge is 0.327 e. The van der Waals surface area contributed by atoms with Crippen LogP contribution in [0.2, 0.25) is 5.02 Å². The predicted molar refractivity (Wildman–Crippen MR) is 104 cm³/mol. The molecule has 1 aromatic carbocycles. The highest BCUT2D eigenvalue weighted by Crippen LogP contribution is 2.42. The Morgan fingerprint density at radius 1 is 1.27 bits per heavy atom. The molecule has 4 rings (SSSR count). The number of anilines is 1. The number of carbonyl (C=O) groups excluding carboxylic acids is 1. The van der Waals surface area contributed by atoms with E-state index in [1.54, 1.807) is 0 Å². The van der Waals surface area contributed by atoms with Crippen molar-refractivity contribution in [3.8, 4) is 0 Å². The molecular weight excluding hydrogens is 368 g/mol. The lowest BCUT2D eigenvalue weighted by molar-refractivity contribution is -0.122. The summed E-state index contributed by atoms with van der Waals surface area (Å²) in [5, 5.41) is 13.5. The van der Waals surface area contributed by atoms with Crippen LogP contribution in [0.5, 0.6) is 0 Å². The Morgan fingerprint density at radius 2 is 2.04 bits per heavy atom. The van der Waals surface area contributed by atoms with Crippen LogP contribution >= 0.6 is 22.9 Å². The van der Waals surface area contributed by atoms with Gasteiger partial charge in [-0.2, -0.15) is 0 Å². The molecule has 2 unspecified atom stereocenters. The molecule has 0 saturated heterocycles.